The van der Waals surface area contributed by atoms with E-state index >= 15 is 0 Å². The number of amides is 1. The number of aromatic nitrogens is 2. The lowest BCUT2D eigenvalue weighted by atomic mass is 9.93. The number of alkyl carbamates (subject to hydrolysis) is 1. The molecule has 1 saturated carbocycles. The van der Waals surface area contributed by atoms with E-state index in [0.29, 0.717) is 11.8 Å². The summed E-state index contributed by atoms with van der Waals surface area (Å²) in [6.07, 6.45) is 6.22. The van der Waals surface area contributed by atoms with Gasteiger partial charge in [0.2, 0.25) is 11.8 Å². The number of hydrogen-bond donors (Lipinski definition) is 1. The highest BCUT2D eigenvalue weighted by Gasteiger charge is 2.26. The molecule has 1 fully saturated rings. The molecule has 1 heterocycles. The van der Waals surface area contributed by atoms with Gasteiger partial charge < -0.3 is 19.5 Å². The maximum Gasteiger partial charge on any atom is 0.407 e. The summed E-state index contributed by atoms with van der Waals surface area (Å²) in [5, 5.41) is 2.91. The first-order valence-corrected chi connectivity index (χ1v) is 7.88. The highest BCUT2D eigenvalue weighted by molar-refractivity contribution is 5.68. The Bertz CT molecular complexity index is 522. The van der Waals surface area contributed by atoms with E-state index in [9.17, 15) is 4.79 Å². The molecule has 1 aliphatic carbocycles. The van der Waals surface area contributed by atoms with Gasteiger partial charge in [0, 0.05) is 6.04 Å². The Morgan fingerprint density at radius 1 is 1.17 bits per heavy atom. The predicted octanol–water partition coefficient (Wildman–Crippen LogP) is 2.70. The van der Waals surface area contributed by atoms with Gasteiger partial charge in [0.25, 0.3) is 0 Å². The van der Waals surface area contributed by atoms with Gasteiger partial charge in [-0.25, -0.2) is 4.79 Å². The van der Waals surface area contributed by atoms with E-state index in [4.69, 9.17) is 14.2 Å². The molecule has 2 rings (SSSR count). The Hall–Kier alpha value is -2.05. The van der Waals surface area contributed by atoms with Crippen LogP contribution >= 0.6 is 0 Å². The second-order valence-electron chi connectivity index (χ2n) is 6.64. The number of rotatable bonds is 4. The second kappa shape index (κ2) is 7.48. The zero-order valence-electron chi connectivity index (χ0n) is 14.2. The van der Waals surface area contributed by atoms with Gasteiger partial charge in [0.15, 0.2) is 0 Å². The van der Waals surface area contributed by atoms with Gasteiger partial charge in [-0.3, -0.25) is 4.98 Å². The van der Waals surface area contributed by atoms with E-state index in [1.54, 1.807) is 13.3 Å². The Morgan fingerprint density at radius 3 is 2.43 bits per heavy atom. The van der Waals surface area contributed by atoms with Crippen molar-refractivity contribution in [2.45, 2.75) is 64.2 Å². The zero-order valence-corrected chi connectivity index (χ0v) is 14.2. The van der Waals surface area contributed by atoms with E-state index < -0.39 is 5.60 Å². The summed E-state index contributed by atoms with van der Waals surface area (Å²) in [6, 6.07) is 0.126. The van der Waals surface area contributed by atoms with Crippen molar-refractivity contribution < 1.29 is 19.0 Å². The third-order valence-electron chi connectivity index (χ3n) is 3.48. The van der Waals surface area contributed by atoms with Crippen LogP contribution in [-0.2, 0) is 4.74 Å². The summed E-state index contributed by atoms with van der Waals surface area (Å²) in [5.74, 6) is 0.899. The molecular formula is C16H25N3O4. The first-order chi connectivity index (χ1) is 10.9. The fraction of sp³-hybridized carbons (Fsp3) is 0.688. The normalized spacial score (nSPS) is 21.4. The zero-order chi connectivity index (χ0) is 16.9. The quantitative estimate of drug-likeness (QED) is 0.917. The third-order valence-corrected chi connectivity index (χ3v) is 3.48. The van der Waals surface area contributed by atoms with E-state index in [0.717, 1.165) is 25.7 Å². The molecule has 0 unspecified atom stereocenters. The van der Waals surface area contributed by atoms with Crippen LogP contribution in [-0.4, -0.2) is 40.9 Å². The maximum absolute atomic E-state index is 11.8. The van der Waals surface area contributed by atoms with E-state index in [-0.39, 0.29) is 18.2 Å². The molecule has 1 aliphatic rings. The van der Waals surface area contributed by atoms with Crippen molar-refractivity contribution >= 4 is 6.09 Å². The van der Waals surface area contributed by atoms with E-state index in [1.165, 1.54) is 6.20 Å². The van der Waals surface area contributed by atoms with Gasteiger partial charge in [-0.05, 0) is 46.5 Å². The van der Waals surface area contributed by atoms with Crippen LogP contribution < -0.4 is 14.8 Å². The fourth-order valence-electron chi connectivity index (χ4n) is 2.46. The molecule has 0 bridgehead atoms. The molecule has 23 heavy (non-hydrogen) atoms. The van der Waals surface area contributed by atoms with Crippen LogP contribution in [0.25, 0.3) is 0 Å². The SMILES string of the molecule is COc1cncc(OC2CCC(NC(=O)OC(C)(C)C)CC2)n1. The van der Waals surface area contributed by atoms with Gasteiger partial charge in [-0.15, -0.1) is 0 Å². The number of ether oxygens (including phenoxy) is 3. The largest absolute Gasteiger partial charge is 0.480 e. The molecule has 7 heteroatoms. The van der Waals surface area contributed by atoms with Gasteiger partial charge in [0.05, 0.1) is 19.5 Å². The first kappa shape index (κ1) is 17.3. The van der Waals surface area contributed by atoms with Crippen molar-refractivity contribution in [1.29, 1.82) is 0 Å². The average Bonchev–Trinajstić information content (AvgIpc) is 2.47. The lowest BCUT2D eigenvalue weighted by Gasteiger charge is -2.30. The summed E-state index contributed by atoms with van der Waals surface area (Å²) < 4.78 is 16.1. The molecule has 1 N–H and O–H groups in total. The molecule has 1 aromatic rings. The Morgan fingerprint density at radius 2 is 1.83 bits per heavy atom. The highest BCUT2D eigenvalue weighted by Crippen LogP contribution is 2.23. The molecule has 0 spiro atoms. The summed E-state index contributed by atoms with van der Waals surface area (Å²) >= 11 is 0. The van der Waals surface area contributed by atoms with Crippen LogP contribution in [0.5, 0.6) is 11.8 Å². The standard InChI is InChI=1S/C16H25N3O4/c1-16(2,3)23-15(20)18-11-5-7-12(8-6-11)22-14-10-17-9-13(19-14)21-4/h9-12H,5-8H2,1-4H3,(H,18,20). The summed E-state index contributed by atoms with van der Waals surface area (Å²) in [4.78, 5) is 20.0. The minimum Gasteiger partial charge on any atom is -0.480 e. The molecule has 0 aromatic carbocycles. The highest BCUT2D eigenvalue weighted by atomic mass is 16.6. The number of nitrogens with zero attached hydrogens (tertiary/aromatic N) is 2. The van der Waals surface area contributed by atoms with Gasteiger partial charge in [-0.2, -0.15) is 4.98 Å². The van der Waals surface area contributed by atoms with Crippen molar-refractivity contribution in [3.8, 4) is 11.8 Å². The topological polar surface area (TPSA) is 82.6 Å². The van der Waals surface area contributed by atoms with Crippen molar-refractivity contribution in [2.24, 2.45) is 0 Å². The number of methoxy groups -OCH3 is 1. The molecule has 0 radical (unpaired) electrons. The van der Waals surface area contributed by atoms with Gasteiger partial charge in [0.1, 0.15) is 11.7 Å². The monoisotopic (exact) mass is 323 g/mol. The van der Waals surface area contributed by atoms with Crippen LogP contribution in [0.15, 0.2) is 12.4 Å². The lowest BCUT2D eigenvalue weighted by molar-refractivity contribution is 0.0469. The molecular weight excluding hydrogens is 298 g/mol. The van der Waals surface area contributed by atoms with E-state index in [2.05, 4.69) is 15.3 Å². The van der Waals surface area contributed by atoms with Crippen LogP contribution in [0.1, 0.15) is 46.5 Å². The van der Waals surface area contributed by atoms with Gasteiger partial charge in [-0.1, -0.05) is 0 Å². The fourth-order valence-corrected chi connectivity index (χ4v) is 2.46. The second-order valence-corrected chi connectivity index (χ2v) is 6.64. The number of nitrogens with one attached hydrogen (secondary N) is 1. The third kappa shape index (κ3) is 5.92. The van der Waals surface area contributed by atoms with Gasteiger partial charge >= 0.3 is 6.09 Å². The molecule has 0 saturated heterocycles. The molecule has 0 atom stereocenters. The first-order valence-electron chi connectivity index (χ1n) is 7.88. The molecule has 1 amide bonds. The minimum atomic E-state index is -0.477. The maximum atomic E-state index is 11.8. The summed E-state index contributed by atoms with van der Waals surface area (Å²) in [5.41, 5.74) is -0.477. The number of hydrogen-bond acceptors (Lipinski definition) is 6. The predicted molar refractivity (Wildman–Crippen MR) is 84.6 cm³/mol. The van der Waals surface area contributed by atoms with Crippen molar-refractivity contribution in [3.05, 3.63) is 12.4 Å². The van der Waals surface area contributed by atoms with Crippen LogP contribution in [0.2, 0.25) is 0 Å². The minimum absolute atomic E-state index is 0.0769. The Labute approximate surface area is 136 Å². The molecule has 0 aliphatic heterocycles. The average molecular weight is 323 g/mol. The number of carbonyl (C=O) groups excluding carboxylic acids is 1. The summed E-state index contributed by atoms with van der Waals surface area (Å²) in [6.45, 7) is 5.56. The summed E-state index contributed by atoms with van der Waals surface area (Å²) in [7, 11) is 1.54. The molecule has 1 aromatic heterocycles. The lowest BCUT2D eigenvalue weighted by Crippen LogP contribution is -2.42. The Balaban J connectivity index is 1.76. The van der Waals surface area contributed by atoms with Crippen LogP contribution in [0.3, 0.4) is 0 Å². The Kier molecular flexibility index (Phi) is 5.63. The molecule has 7 nitrogen and oxygen atoms in total. The van der Waals surface area contributed by atoms with Crippen LogP contribution in [0.4, 0.5) is 4.79 Å². The van der Waals surface area contributed by atoms with Crippen molar-refractivity contribution in [2.75, 3.05) is 7.11 Å². The van der Waals surface area contributed by atoms with Crippen molar-refractivity contribution in [3.63, 3.8) is 0 Å². The molecule has 128 valence electrons. The number of carbonyl (C=O) groups is 1. The van der Waals surface area contributed by atoms with Crippen LogP contribution in [0, 0.1) is 0 Å². The van der Waals surface area contributed by atoms with Crippen molar-refractivity contribution in [1.82, 2.24) is 15.3 Å². The smallest absolute Gasteiger partial charge is 0.407 e. The van der Waals surface area contributed by atoms with E-state index in [1.807, 2.05) is 20.8 Å².